The van der Waals surface area contributed by atoms with Crippen LogP contribution >= 0.6 is 0 Å². The predicted octanol–water partition coefficient (Wildman–Crippen LogP) is 4.21. The Labute approximate surface area is 148 Å². The summed E-state index contributed by atoms with van der Waals surface area (Å²) in [7, 11) is 0. The number of Topliss-reactive ketones (excluding diaryl/α,β-unsaturated/α-hetero) is 1. The van der Waals surface area contributed by atoms with Crippen molar-refractivity contribution < 1.29 is 9.53 Å². The predicted molar refractivity (Wildman–Crippen MR) is 95.2 cm³/mol. The van der Waals surface area contributed by atoms with Crippen molar-refractivity contribution in [2.45, 2.75) is 50.5 Å². The van der Waals surface area contributed by atoms with E-state index in [0.717, 1.165) is 24.2 Å². The van der Waals surface area contributed by atoms with Crippen molar-refractivity contribution in [3.63, 3.8) is 0 Å². The van der Waals surface area contributed by atoms with E-state index in [4.69, 9.17) is 4.74 Å². The molecule has 1 heterocycles. The molecule has 0 radical (unpaired) electrons. The van der Waals surface area contributed by atoms with Crippen LogP contribution in [0.3, 0.4) is 0 Å². The van der Waals surface area contributed by atoms with E-state index in [1.54, 1.807) is 24.4 Å². The number of carbonyl (C=O) groups excluding carboxylic acids is 1. The number of rotatable bonds is 7. The van der Waals surface area contributed by atoms with Gasteiger partial charge in [0.05, 0.1) is 17.9 Å². The standard InChI is InChI=1S/C21H22N2O2/c22-15-19(20-10-3-4-13-23-20)21(24)12-11-16-6-5-9-18(14-16)25-17-7-1-2-8-17/h3-6,9-10,13-14,17,19H,1-2,7-8,11-12H2. The fourth-order valence-electron chi connectivity index (χ4n) is 3.23. The molecule has 0 bridgehead atoms. The number of nitrogens with zero attached hydrogens (tertiary/aromatic N) is 2. The number of nitriles is 1. The molecule has 0 spiro atoms. The Morgan fingerprint density at radius 3 is 2.80 bits per heavy atom. The molecular weight excluding hydrogens is 312 g/mol. The summed E-state index contributed by atoms with van der Waals surface area (Å²) in [5, 5.41) is 9.32. The van der Waals surface area contributed by atoms with Crippen LogP contribution in [0, 0.1) is 11.3 Å². The highest BCUT2D eigenvalue weighted by Crippen LogP contribution is 2.25. The summed E-state index contributed by atoms with van der Waals surface area (Å²) in [5.74, 6) is -0.0131. The number of carbonyl (C=O) groups is 1. The quantitative estimate of drug-likeness (QED) is 0.761. The van der Waals surface area contributed by atoms with E-state index in [9.17, 15) is 10.1 Å². The molecule has 25 heavy (non-hydrogen) atoms. The van der Waals surface area contributed by atoms with Crippen LogP contribution in [0.1, 0.15) is 49.3 Å². The lowest BCUT2D eigenvalue weighted by atomic mass is 9.96. The summed E-state index contributed by atoms with van der Waals surface area (Å²) in [4.78, 5) is 16.6. The van der Waals surface area contributed by atoms with Gasteiger partial charge < -0.3 is 4.74 Å². The molecule has 1 unspecified atom stereocenters. The lowest BCUT2D eigenvalue weighted by molar-refractivity contribution is -0.119. The van der Waals surface area contributed by atoms with Crippen molar-refractivity contribution in [1.29, 1.82) is 5.26 Å². The molecule has 1 aliphatic rings. The minimum absolute atomic E-state index is 0.0942. The van der Waals surface area contributed by atoms with Crippen LogP contribution in [-0.4, -0.2) is 16.9 Å². The number of benzene rings is 1. The fraction of sp³-hybridized carbons (Fsp3) is 0.381. The Morgan fingerprint density at radius 2 is 2.08 bits per heavy atom. The van der Waals surface area contributed by atoms with Crippen molar-refractivity contribution in [3.05, 3.63) is 59.9 Å². The average molecular weight is 334 g/mol. The number of aromatic nitrogens is 1. The monoisotopic (exact) mass is 334 g/mol. The van der Waals surface area contributed by atoms with Gasteiger partial charge in [0.2, 0.25) is 0 Å². The Balaban J connectivity index is 1.59. The van der Waals surface area contributed by atoms with Crippen molar-refractivity contribution in [2.75, 3.05) is 0 Å². The van der Waals surface area contributed by atoms with Gasteiger partial charge >= 0.3 is 0 Å². The highest BCUT2D eigenvalue weighted by atomic mass is 16.5. The normalized spacial score (nSPS) is 15.5. The Hall–Kier alpha value is -2.67. The maximum atomic E-state index is 12.4. The third-order valence-corrected chi connectivity index (χ3v) is 4.60. The first-order chi connectivity index (χ1) is 12.3. The molecule has 1 fully saturated rings. The number of hydrogen-bond acceptors (Lipinski definition) is 4. The highest BCUT2D eigenvalue weighted by Gasteiger charge is 2.21. The lowest BCUT2D eigenvalue weighted by Gasteiger charge is -2.14. The maximum Gasteiger partial charge on any atom is 0.156 e. The first-order valence-electron chi connectivity index (χ1n) is 8.85. The van der Waals surface area contributed by atoms with Gasteiger partial charge in [-0.05, 0) is 61.9 Å². The molecule has 2 aromatic rings. The zero-order valence-corrected chi connectivity index (χ0v) is 14.2. The van der Waals surface area contributed by atoms with E-state index < -0.39 is 5.92 Å². The maximum absolute atomic E-state index is 12.4. The zero-order chi connectivity index (χ0) is 17.5. The second-order valence-electron chi connectivity index (χ2n) is 6.45. The number of pyridine rings is 1. The van der Waals surface area contributed by atoms with Gasteiger partial charge in [-0.3, -0.25) is 9.78 Å². The van der Waals surface area contributed by atoms with Gasteiger partial charge in [-0.2, -0.15) is 5.26 Å². The number of aryl methyl sites for hydroxylation is 1. The molecule has 1 aromatic heterocycles. The minimum atomic E-state index is -0.792. The van der Waals surface area contributed by atoms with Gasteiger partial charge in [0, 0.05) is 12.6 Å². The van der Waals surface area contributed by atoms with Crippen molar-refractivity contribution in [2.24, 2.45) is 0 Å². The average Bonchev–Trinajstić information content (AvgIpc) is 3.15. The molecule has 1 saturated carbocycles. The molecule has 1 aromatic carbocycles. The molecule has 1 atom stereocenters. The van der Waals surface area contributed by atoms with Gasteiger partial charge in [0.25, 0.3) is 0 Å². The Bertz CT molecular complexity index is 746. The highest BCUT2D eigenvalue weighted by molar-refractivity contribution is 5.88. The van der Waals surface area contributed by atoms with Crippen LogP contribution in [-0.2, 0) is 11.2 Å². The van der Waals surface area contributed by atoms with Crippen molar-refractivity contribution in [3.8, 4) is 11.8 Å². The van der Waals surface area contributed by atoms with E-state index >= 15 is 0 Å². The lowest BCUT2D eigenvalue weighted by Crippen LogP contribution is -2.13. The van der Waals surface area contributed by atoms with Crippen LogP contribution in [0.2, 0.25) is 0 Å². The first kappa shape index (κ1) is 17.2. The summed E-state index contributed by atoms with van der Waals surface area (Å²) < 4.78 is 6.01. The summed E-state index contributed by atoms with van der Waals surface area (Å²) in [6, 6.07) is 15.3. The molecule has 4 heteroatoms. The molecule has 4 nitrogen and oxygen atoms in total. The summed E-state index contributed by atoms with van der Waals surface area (Å²) in [6.45, 7) is 0. The van der Waals surface area contributed by atoms with Crippen LogP contribution < -0.4 is 4.74 Å². The van der Waals surface area contributed by atoms with E-state index in [-0.39, 0.29) is 5.78 Å². The van der Waals surface area contributed by atoms with Crippen LogP contribution in [0.15, 0.2) is 48.7 Å². The van der Waals surface area contributed by atoms with Crippen molar-refractivity contribution >= 4 is 5.78 Å². The zero-order valence-electron chi connectivity index (χ0n) is 14.2. The third-order valence-electron chi connectivity index (χ3n) is 4.60. The minimum Gasteiger partial charge on any atom is -0.490 e. The third kappa shape index (κ3) is 4.67. The molecule has 0 aliphatic heterocycles. The topological polar surface area (TPSA) is 63.0 Å². The van der Waals surface area contributed by atoms with Gasteiger partial charge in [0.15, 0.2) is 5.78 Å². The molecule has 1 aliphatic carbocycles. The van der Waals surface area contributed by atoms with Crippen LogP contribution in [0.5, 0.6) is 5.75 Å². The summed E-state index contributed by atoms with van der Waals surface area (Å²) in [5.41, 5.74) is 1.58. The first-order valence-corrected chi connectivity index (χ1v) is 8.85. The van der Waals surface area contributed by atoms with Crippen molar-refractivity contribution in [1.82, 2.24) is 4.98 Å². The largest absolute Gasteiger partial charge is 0.490 e. The molecule has 3 rings (SSSR count). The fourth-order valence-corrected chi connectivity index (χ4v) is 3.23. The second-order valence-corrected chi connectivity index (χ2v) is 6.45. The van der Waals surface area contributed by atoms with Crippen LogP contribution in [0.25, 0.3) is 0 Å². The van der Waals surface area contributed by atoms with Gasteiger partial charge in [0.1, 0.15) is 11.7 Å². The van der Waals surface area contributed by atoms with E-state index in [1.807, 2.05) is 24.3 Å². The van der Waals surface area contributed by atoms with Crippen LogP contribution in [0.4, 0.5) is 0 Å². The van der Waals surface area contributed by atoms with Gasteiger partial charge in [-0.15, -0.1) is 0 Å². The number of ether oxygens (including phenoxy) is 1. The molecular formula is C21H22N2O2. The molecule has 0 amide bonds. The van der Waals surface area contributed by atoms with E-state index in [2.05, 4.69) is 11.1 Å². The van der Waals surface area contributed by atoms with Gasteiger partial charge in [-0.25, -0.2) is 0 Å². The molecule has 128 valence electrons. The number of hydrogen-bond donors (Lipinski definition) is 0. The summed E-state index contributed by atoms with van der Waals surface area (Å²) in [6.07, 6.45) is 7.57. The SMILES string of the molecule is N#CC(C(=O)CCc1cccc(OC2CCCC2)c1)c1ccccn1. The van der Waals surface area contributed by atoms with E-state index in [0.29, 0.717) is 24.6 Å². The number of ketones is 1. The summed E-state index contributed by atoms with van der Waals surface area (Å²) >= 11 is 0. The second kappa shape index (κ2) is 8.43. The smallest absolute Gasteiger partial charge is 0.156 e. The molecule has 0 saturated heterocycles. The van der Waals surface area contributed by atoms with Gasteiger partial charge in [-0.1, -0.05) is 18.2 Å². The molecule has 0 N–H and O–H groups in total. The Morgan fingerprint density at radius 1 is 1.24 bits per heavy atom. The van der Waals surface area contributed by atoms with E-state index in [1.165, 1.54) is 12.8 Å². The Kier molecular flexibility index (Phi) is 5.79.